The minimum atomic E-state index is -3.20. The number of hydrogen-bond donors (Lipinski definition) is 1. The summed E-state index contributed by atoms with van der Waals surface area (Å²) in [5.74, 6) is -0.794. The molecule has 0 bridgehead atoms. The second kappa shape index (κ2) is 5.87. The molecule has 0 amide bonds. The number of carbonyl (C=O) groups is 1. The van der Waals surface area contributed by atoms with Crippen molar-refractivity contribution in [1.82, 2.24) is 20.2 Å². The van der Waals surface area contributed by atoms with Crippen LogP contribution < -0.4 is 0 Å². The highest BCUT2D eigenvalue weighted by Crippen LogP contribution is 2.20. The molecule has 0 unspecified atom stereocenters. The Balaban J connectivity index is 2.60. The van der Waals surface area contributed by atoms with Crippen molar-refractivity contribution in [3.05, 3.63) is 0 Å². The van der Waals surface area contributed by atoms with Gasteiger partial charge in [-0.05, 0) is 31.2 Å². The van der Waals surface area contributed by atoms with E-state index in [4.69, 9.17) is 5.11 Å². The van der Waals surface area contributed by atoms with E-state index in [9.17, 15) is 13.2 Å². The summed E-state index contributed by atoms with van der Waals surface area (Å²) >= 11 is 1.12. The molecule has 10 heteroatoms. The van der Waals surface area contributed by atoms with Gasteiger partial charge >= 0.3 is 5.97 Å². The predicted octanol–water partition coefficient (Wildman–Crippen LogP) is 0.0631. The summed E-state index contributed by atoms with van der Waals surface area (Å²) in [6.45, 7) is 4.58. The van der Waals surface area contributed by atoms with Crippen molar-refractivity contribution >= 4 is 27.6 Å². The van der Waals surface area contributed by atoms with Crippen molar-refractivity contribution in [2.24, 2.45) is 0 Å². The first-order valence-corrected chi connectivity index (χ1v) is 8.10. The van der Waals surface area contributed by atoms with Gasteiger partial charge in [0.05, 0.1) is 10.5 Å². The van der Waals surface area contributed by atoms with Crippen LogP contribution in [-0.2, 0) is 21.2 Å². The molecule has 0 fully saturated rings. The van der Waals surface area contributed by atoms with Gasteiger partial charge in [-0.2, -0.15) is 0 Å². The lowest BCUT2D eigenvalue weighted by atomic mass is 10.3. The molecule has 1 aromatic rings. The van der Waals surface area contributed by atoms with Gasteiger partial charge in [0.15, 0.2) is 9.84 Å². The first-order chi connectivity index (χ1) is 8.63. The number of nitrogens with zero attached hydrogens (tertiary/aromatic N) is 4. The van der Waals surface area contributed by atoms with Crippen LogP contribution in [0.25, 0.3) is 0 Å². The van der Waals surface area contributed by atoms with E-state index in [1.165, 1.54) is 0 Å². The lowest BCUT2D eigenvalue weighted by Gasteiger charge is -2.18. The van der Waals surface area contributed by atoms with Crippen molar-refractivity contribution in [3.63, 3.8) is 0 Å². The second-order valence-electron chi connectivity index (χ2n) is 4.79. The van der Waals surface area contributed by atoms with Crippen molar-refractivity contribution in [3.8, 4) is 0 Å². The van der Waals surface area contributed by atoms with E-state index in [-0.39, 0.29) is 18.1 Å². The molecule has 0 saturated heterocycles. The Labute approximate surface area is 115 Å². The molecule has 0 atom stereocenters. The minimum Gasteiger partial charge on any atom is -0.480 e. The monoisotopic (exact) mass is 308 g/mol. The van der Waals surface area contributed by atoms with E-state index in [0.29, 0.717) is 5.16 Å². The van der Waals surface area contributed by atoms with Crippen molar-refractivity contribution in [1.29, 1.82) is 0 Å². The predicted molar refractivity (Wildman–Crippen MR) is 69.7 cm³/mol. The number of carboxylic acid groups (broad SMARTS) is 1. The van der Waals surface area contributed by atoms with Crippen LogP contribution in [0.1, 0.15) is 20.8 Å². The smallest absolute Gasteiger partial charge is 0.325 e. The largest absolute Gasteiger partial charge is 0.480 e. The molecule has 8 nitrogen and oxygen atoms in total. The van der Waals surface area contributed by atoms with Crippen molar-refractivity contribution < 1.29 is 18.3 Å². The zero-order valence-corrected chi connectivity index (χ0v) is 12.5. The van der Waals surface area contributed by atoms with Crippen molar-refractivity contribution in [2.75, 3.05) is 11.5 Å². The molecule has 1 aromatic heterocycles. The number of tetrazole rings is 1. The Morgan fingerprint density at radius 3 is 2.58 bits per heavy atom. The molecule has 108 valence electrons. The van der Waals surface area contributed by atoms with Gasteiger partial charge in [0.2, 0.25) is 5.16 Å². The number of hydrogen-bond acceptors (Lipinski definition) is 7. The van der Waals surface area contributed by atoms with Gasteiger partial charge in [-0.1, -0.05) is 11.8 Å². The molecule has 0 aliphatic carbocycles. The number of aromatic nitrogens is 4. The topological polar surface area (TPSA) is 115 Å². The summed E-state index contributed by atoms with van der Waals surface area (Å²) in [6.07, 6.45) is 0. The van der Waals surface area contributed by atoms with Gasteiger partial charge < -0.3 is 5.11 Å². The van der Waals surface area contributed by atoms with E-state index in [0.717, 1.165) is 16.4 Å². The first kappa shape index (κ1) is 15.9. The Bertz CT molecular complexity index is 547. The van der Waals surface area contributed by atoms with Crippen molar-refractivity contribution in [2.45, 2.75) is 37.2 Å². The fourth-order valence-corrected chi connectivity index (χ4v) is 3.43. The van der Waals surface area contributed by atoms with Gasteiger partial charge in [-0.25, -0.2) is 13.1 Å². The molecule has 1 rings (SSSR count). The molecule has 1 heterocycles. The second-order valence-corrected chi connectivity index (χ2v) is 8.72. The first-order valence-electron chi connectivity index (χ1n) is 5.46. The Hall–Kier alpha value is -1.16. The molecule has 0 radical (unpaired) electrons. The van der Waals surface area contributed by atoms with Crippen LogP contribution in [-0.4, -0.2) is 56.0 Å². The van der Waals surface area contributed by atoms with Crippen LogP contribution in [0.5, 0.6) is 0 Å². The fraction of sp³-hybridized carbons (Fsp3) is 0.778. The molecular formula is C9H16N4O4S2. The summed E-state index contributed by atoms with van der Waals surface area (Å²) in [5.41, 5.74) is 0. The molecule has 0 aromatic carbocycles. The highest BCUT2D eigenvalue weighted by molar-refractivity contribution is 8.00. The Morgan fingerprint density at radius 1 is 1.42 bits per heavy atom. The number of carboxylic acids is 1. The molecule has 0 saturated carbocycles. The zero-order chi connectivity index (χ0) is 14.7. The summed E-state index contributed by atoms with van der Waals surface area (Å²) < 4.78 is 24.1. The van der Waals surface area contributed by atoms with E-state index in [1.54, 1.807) is 20.8 Å². The standard InChI is InChI=1S/C9H16N4O4S2/c1-9(2,3)19(16,17)5-4-18-8-10-11-12-13(8)6-7(14)15/h4-6H2,1-3H3,(H,14,15). The van der Waals surface area contributed by atoms with Gasteiger partial charge in [-0.15, -0.1) is 5.10 Å². The van der Waals surface area contributed by atoms with Gasteiger partial charge in [-0.3, -0.25) is 4.79 Å². The molecule has 0 spiro atoms. The summed E-state index contributed by atoms with van der Waals surface area (Å²) in [5, 5.41) is 19.5. The number of aliphatic carboxylic acids is 1. The zero-order valence-electron chi connectivity index (χ0n) is 10.9. The highest BCUT2D eigenvalue weighted by Gasteiger charge is 2.28. The maximum atomic E-state index is 11.9. The minimum absolute atomic E-state index is 0.0128. The summed E-state index contributed by atoms with van der Waals surface area (Å²) in [4.78, 5) is 10.6. The number of thioether (sulfide) groups is 1. The molecule has 19 heavy (non-hydrogen) atoms. The molecule has 0 aliphatic heterocycles. The van der Waals surface area contributed by atoms with Crippen LogP contribution in [0.2, 0.25) is 0 Å². The quantitative estimate of drug-likeness (QED) is 0.734. The normalized spacial score (nSPS) is 12.6. The lowest BCUT2D eigenvalue weighted by molar-refractivity contribution is -0.138. The van der Waals surface area contributed by atoms with Crippen LogP contribution >= 0.6 is 11.8 Å². The van der Waals surface area contributed by atoms with E-state index in [1.807, 2.05) is 0 Å². The SMILES string of the molecule is CC(C)(C)S(=O)(=O)CCSc1nnnn1CC(=O)O. The maximum absolute atomic E-state index is 11.9. The van der Waals surface area contributed by atoms with Crippen LogP contribution in [0.15, 0.2) is 5.16 Å². The molecule has 1 N–H and O–H groups in total. The third-order valence-electron chi connectivity index (χ3n) is 2.30. The van der Waals surface area contributed by atoms with E-state index < -0.39 is 20.6 Å². The summed E-state index contributed by atoms with van der Waals surface area (Å²) in [7, 11) is -3.20. The number of sulfone groups is 1. The average molecular weight is 308 g/mol. The number of rotatable bonds is 6. The van der Waals surface area contributed by atoms with Gasteiger partial charge in [0.1, 0.15) is 6.54 Å². The van der Waals surface area contributed by atoms with Crippen LogP contribution in [0.3, 0.4) is 0 Å². The Kier molecular flexibility index (Phi) is 4.91. The van der Waals surface area contributed by atoms with E-state index in [2.05, 4.69) is 15.5 Å². The molecular weight excluding hydrogens is 292 g/mol. The van der Waals surface area contributed by atoms with Crippen LogP contribution in [0.4, 0.5) is 0 Å². The lowest BCUT2D eigenvalue weighted by Crippen LogP contribution is -2.31. The van der Waals surface area contributed by atoms with E-state index >= 15 is 0 Å². The van der Waals surface area contributed by atoms with Gasteiger partial charge in [0, 0.05) is 5.75 Å². The third-order valence-corrected chi connectivity index (χ3v) is 6.13. The average Bonchev–Trinajstić information content (AvgIpc) is 2.63. The highest BCUT2D eigenvalue weighted by atomic mass is 32.2. The van der Waals surface area contributed by atoms with Crippen LogP contribution in [0, 0.1) is 0 Å². The maximum Gasteiger partial charge on any atom is 0.325 e. The Morgan fingerprint density at radius 2 is 2.05 bits per heavy atom. The van der Waals surface area contributed by atoms with Gasteiger partial charge in [0.25, 0.3) is 0 Å². The molecule has 0 aliphatic rings. The fourth-order valence-electron chi connectivity index (χ4n) is 1.08. The third kappa shape index (κ3) is 4.46. The summed E-state index contributed by atoms with van der Waals surface area (Å²) in [6, 6.07) is 0.